The van der Waals surface area contributed by atoms with Crippen LogP contribution >= 0.6 is 11.8 Å². The van der Waals surface area contributed by atoms with Crippen LogP contribution < -0.4 is 5.32 Å². The predicted octanol–water partition coefficient (Wildman–Crippen LogP) is 0.156. The summed E-state index contributed by atoms with van der Waals surface area (Å²) in [4.78, 5) is 36.6. The van der Waals surface area contributed by atoms with E-state index in [-0.39, 0.29) is 12.2 Å². The average molecular weight is 416 g/mol. The highest BCUT2D eigenvalue weighted by atomic mass is 32.3. The minimum Gasteiger partial charge on any atom is -0.476 e. The molecule has 0 aliphatic carbocycles. The van der Waals surface area contributed by atoms with E-state index in [1.165, 1.54) is 0 Å². The Hall–Kier alpha value is -2.60. The molecule has 2 amide bonds. The summed E-state index contributed by atoms with van der Waals surface area (Å²) in [6.07, 6.45) is 0.0398. The van der Waals surface area contributed by atoms with E-state index in [1.54, 1.807) is 30.3 Å². The summed E-state index contributed by atoms with van der Waals surface area (Å²) in [5.41, 5.74) is -0.0107. The van der Waals surface area contributed by atoms with Gasteiger partial charge in [0.05, 0.1) is 12.2 Å². The van der Waals surface area contributed by atoms with Gasteiger partial charge >= 0.3 is 16.5 Å². The van der Waals surface area contributed by atoms with Crippen molar-refractivity contribution in [1.29, 1.82) is 0 Å². The first-order chi connectivity index (χ1) is 12.7. The van der Waals surface area contributed by atoms with Gasteiger partial charge in [0.25, 0.3) is 5.91 Å². The Labute approximate surface area is 157 Å². The molecule has 2 aliphatic heterocycles. The number of nitrogens with one attached hydrogen (secondary N) is 1. The highest BCUT2D eigenvalue weighted by Crippen LogP contribution is 2.41. The normalized spacial score (nSPS) is 22.0. The predicted molar refractivity (Wildman–Crippen MR) is 90.9 cm³/mol. The molecule has 12 heteroatoms. The van der Waals surface area contributed by atoms with Crippen LogP contribution in [0.2, 0.25) is 0 Å². The van der Waals surface area contributed by atoms with Crippen molar-refractivity contribution in [2.75, 3.05) is 5.75 Å². The van der Waals surface area contributed by atoms with Gasteiger partial charge in [-0.15, -0.1) is 11.8 Å². The van der Waals surface area contributed by atoms with Crippen LogP contribution in [0.1, 0.15) is 5.56 Å². The van der Waals surface area contributed by atoms with Crippen molar-refractivity contribution < 1.29 is 36.0 Å². The summed E-state index contributed by atoms with van der Waals surface area (Å²) in [7, 11) is -5.43. The number of hydrogen-bond donors (Lipinski definition) is 2. The van der Waals surface area contributed by atoms with Crippen LogP contribution in [0.3, 0.4) is 0 Å². The Morgan fingerprint density at radius 1 is 1.33 bits per heavy atom. The Morgan fingerprint density at radius 3 is 2.59 bits per heavy atom. The van der Waals surface area contributed by atoms with Gasteiger partial charge in [-0.2, -0.15) is 8.42 Å². The van der Waals surface area contributed by atoms with Gasteiger partial charge in [-0.1, -0.05) is 34.2 Å². The number of β-lactam (4-membered cyclic amide) rings is 1. The molecule has 2 atom stereocenters. The van der Waals surface area contributed by atoms with Crippen molar-refractivity contribution >= 4 is 40.0 Å². The van der Waals surface area contributed by atoms with Gasteiger partial charge < -0.3 is 14.6 Å². The van der Waals surface area contributed by atoms with E-state index in [0.29, 0.717) is 0 Å². The molecule has 0 spiro atoms. The van der Waals surface area contributed by atoms with Gasteiger partial charge in [-0.05, 0) is 5.56 Å². The van der Waals surface area contributed by atoms with E-state index >= 15 is 0 Å². The Kier molecular flexibility index (Phi) is 5.11. The molecule has 0 bridgehead atoms. The molecule has 1 saturated heterocycles. The summed E-state index contributed by atoms with van der Waals surface area (Å²) in [6.45, 7) is 0. The molecule has 1 aromatic rings. The number of carbonyl (C=O) groups is 3. The summed E-state index contributed by atoms with van der Waals surface area (Å²) in [5.74, 6) is -3.78. The van der Waals surface area contributed by atoms with Crippen LogP contribution in [0.15, 0.2) is 41.8 Å². The van der Waals surface area contributed by atoms with Crippen LogP contribution in [-0.4, -0.2) is 53.4 Å². The molecule has 2 N–H and O–H groups in total. The molecule has 9 nitrogen and oxygen atoms in total. The topological polar surface area (TPSA) is 130 Å². The number of thioether (sulfide) groups is 1. The first-order valence-electron chi connectivity index (χ1n) is 7.56. The number of aliphatic carboxylic acids is 1. The van der Waals surface area contributed by atoms with Gasteiger partial charge in [-0.25, -0.2) is 4.79 Å². The lowest BCUT2D eigenvalue weighted by molar-refractivity contribution is -0.151. The van der Waals surface area contributed by atoms with Gasteiger partial charge in [0.15, 0.2) is 11.5 Å². The van der Waals surface area contributed by atoms with Crippen molar-refractivity contribution in [3.63, 3.8) is 0 Å². The van der Waals surface area contributed by atoms with E-state index in [9.17, 15) is 31.8 Å². The Morgan fingerprint density at radius 2 is 2.00 bits per heavy atom. The maximum atomic E-state index is 12.8. The molecular formula is C15H13FN2O7S2. The lowest BCUT2D eigenvalue weighted by Crippen LogP contribution is -2.70. The number of carbonyl (C=O) groups excluding carboxylic acids is 2. The lowest BCUT2D eigenvalue weighted by atomic mass is 10.0. The van der Waals surface area contributed by atoms with E-state index in [4.69, 9.17) is 0 Å². The SMILES string of the molecule is O=C(Cc1ccccc1)NC1C(=O)N2C(C(=O)O)=C(OS(=O)(=O)F)CS[C@H]12. The number of hydrogen-bond acceptors (Lipinski definition) is 7. The van der Waals surface area contributed by atoms with Crippen LogP contribution in [0.25, 0.3) is 0 Å². The smallest absolute Gasteiger partial charge is 0.476 e. The zero-order chi connectivity index (χ0) is 19.8. The first-order valence-corrected chi connectivity index (χ1v) is 9.91. The number of fused-ring (bicyclic) bond motifs is 1. The van der Waals surface area contributed by atoms with Gasteiger partial charge in [0.1, 0.15) is 11.4 Å². The molecule has 3 rings (SSSR count). The Bertz CT molecular complexity index is 933. The number of carboxylic acids is 1. The molecule has 2 aliphatic rings. The molecule has 144 valence electrons. The first kappa shape index (κ1) is 19.2. The largest absolute Gasteiger partial charge is 0.488 e. The van der Waals surface area contributed by atoms with Gasteiger partial charge in [0.2, 0.25) is 5.91 Å². The second-order valence-corrected chi connectivity index (χ2v) is 7.73. The standard InChI is InChI=1S/C15H13FN2O7S2/c16-27(23,24)25-9-7-26-14-11(13(20)18(14)12(9)15(21)22)17-10(19)6-8-4-2-1-3-5-8/h1-5,11,14H,6-7H2,(H,17,19)(H,21,22)/t11?,14-/m1/s1. The van der Waals surface area contributed by atoms with Gasteiger partial charge in [-0.3, -0.25) is 14.5 Å². The molecule has 27 heavy (non-hydrogen) atoms. The fourth-order valence-corrected chi connectivity index (χ4v) is 4.49. The zero-order valence-electron chi connectivity index (χ0n) is 13.5. The summed E-state index contributed by atoms with van der Waals surface area (Å²) < 4.78 is 38.1. The van der Waals surface area contributed by atoms with Crippen LogP contribution in [-0.2, 0) is 35.5 Å². The van der Waals surface area contributed by atoms with Crippen molar-refractivity contribution in [2.24, 2.45) is 0 Å². The molecule has 0 saturated carbocycles. The van der Waals surface area contributed by atoms with E-state index in [1.807, 2.05) is 0 Å². The number of amides is 2. The quantitative estimate of drug-likeness (QED) is 0.495. The minimum atomic E-state index is -5.43. The van der Waals surface area contributed by atoms with Crippen LogP contribution in [0.5, 0.6) is 0 Å². The minimum absolute atomic E-state index is 0.0398. The third-order valence-electron chi connectivity index (χ3n) is 3.86. The highest BCUT2D eigenvalue weighted by Gasteiger charge is 2.55. The lowest BCUT2D eigenvalue weighted by Gasteiger charge is -2.48. The second-order valence-electron chi connectivity index (χ2n) is 5.67. The van der Waals surface area contributed by atoms with Crippen LogP contribution in [0.4, 0.5) is 3.89 Å². The fraction of sp³-hybridized carbons (Fsp3) is 0.267. The summed E-state index contributed by atoms with van der Waals surface area (Å²) in [6, 6.07) is 7.85. The fourth-order valence-electron chi connectivity index (χ4n) is 2.78. The molecule has 1 fully saturated rings. The van der Waals surface area contributed by atoms with Crippen LogP contribution in [0, 0.1) is 0 Å². The summed E-state index contributed by atoms with van der Waals surface area (Å²) >= 11 is 0.956. The molecule has 1 aromatic carbocycles. The summed E-state index contributed by atoms with van der Waals surface area (Å²) in [5, 5.41) is 11.0. The maximum Gasteiger partial charge on any atom is 0.488 e. The number of halogens is 1. The maximum absolute atomic E-state index is 12.8. The number of carboxylic acid groups (broad SMARTS) is 1. The molecule has 2 heterocycles. The van der Waals surface area contributed by atoms with Gasteiger partial charge in [0, 0.05) is 0 Å². The second kappa shape index (κ2) is 7.19. The van der Waals surface area contributed by atoms with E-state index < -0.39 is 51.2 Å². The highest BCUT2D eigenvalue weighted by molar-refractivity contribution is 8.00. The number of benzene rings is 1. The third-order valence-corrected chi connectivity index (χ3v) is 5.51. The van der Waals surface area contributed by atoms with Crippen molar-refractivity contribution in [3.05, 3.63) is 47.4 Å². The molecule has 1 unspecified atom stereocenters. The molecule has 0 aromatic heterocycles. The van der Waals surface area contributed by atoms with Crippen molar-refractivity contribution in [3.8, 4) is 0 Å². The average Bonchev–Trinajstić information content (AvgIpc) is 2.58. The van der Waals surface area contributed by atoms with E-state index in [2.05, 4.69) is 9.50 Å². The van der Waals surface area contributed by atoms with Crippen molar-refractivity contribution in [2.45, 2.75) is 17.8 Å². The molecule has 0 radical (unpaired) electrons. The number of nitrogens with zero attached hydrogens (tertiary/aromatic N) is 1. The monoisotopic (exact) mass is 416 g/mol. The number of rotatable bonds is 6. The third kappa shape index (κ3) is 4.06. The molecular weight excluding hydrogens is 403 g/mol. The zero-order valence-corrected chi connectivity index (χ0v) is 15.1. The van der Waals surface area contributed by atoms with Crippen molar-refractivity contribution in [1.82, 2.24) is 10.2 Å². The van der Waals surface area contributed by atoms with E-state index in [0.717, 1.165) is 22.2 Å². The Balaban J connectivity index is 1.73.